The zero-order valence-corrected chi connectivity index (χ0v) is 21.1. The molecule has 0 spiro atoms. The monoisotopic (exact) mass is 456 g/mol. The predicted octanol–water partition coefficient (Wildman–Crippen LogP) is 3.61. The Balaban J connectivity index is 2.21. The lowest BCUT2D eigenvalue weighted by atomic mass is 10.1. The third-order valence-corrected chi connectivity index (χ3v) is 10.1. The van der Waals surface area contributed by atoms with E-state index in [2.05, 4.69) is 45.0 Å². The maximum Gasteiger partial charge on any atom is 0.313 e. The molecule has 174 valence electrons. The summed E-state index contributed by atoms with van der Waals surface area (Å²) in [5, 5.41) is 12.6. The standard InChI is InChI=1S/C26H36O5Si/c1-25(2,3)31-24(29)18-20(27)17-21(28)19-30-32(26(4,5)6,22-13-9-7-10-14-22)23-15-11-8-12-16-23/h7-16,21,28H,17-19H2,1-6H3. The van der Waals surface area contributed by atoms with Crippen LogP contribution in [0.15, 0.2) is 60.7 Å². The van der Waals surface area contributed by atoms with E-state index in [0.29, 0.717) is 0 Å². The molecule has 2 rings (SSSR count). The highest BCUT2D eigenvalue weighted by molar-refractivity contribution is 6.99. The van der Waals surface area contributed by atoms with Crippen molar-refractivity contribution in [3.05, 3.63) is 60.7 Å². The molecule has 2 aromatic rings. The Morgan fingerprint density at radius 1 is 0.875 bits per heavy atom. The largest absolute Gasteiger partial charge is 0.460 e. The van der Waals surface area contributed by atoms with Crippen molar-refractivity contribution in [3.63, 3.8) is 0 Å². The smallest absolute Gasteiger partial charge is 0.313 e. The number of carbonyl (C=O) groups is 2. The van der Waals surface area contributed by atoms with Crippen LogP contribution in [0, 0.1) is 0 Å². The summed E-state index contributed by atoms with van der Waals surface area (Å²) in [5.74, 6) is -0.944. The number of aliphatic hydroxyl groups is 1. The first-order valence-electron chi connectivity index (χ1n) is 11.0. The maximum atomic E-state index is 12.3. The van der Waals surface area contributed by atoms with Crippen LogP contribution in [0.1, 0.15) is 54.4 Å². The molecule has 32 heavy (non-hydrogen) atoms. The van der Waals surface area contributed by atoms with Gasteiger partial charge in [-0.05, 0) is 36.2 Å². The summed E-state index contributed by atoms with van der Waals surface area (Å²) in [6, 6.07) is 20.2. The number of aliphatic hydroxyl groups excluding tert-OH is 1. The minimum atomic E-state index is -2.79. The summed E-state index contributed by atoms with van der Waals surface area (Å²) >= 11 is 0. The summed E-state index contributed by atoms with van der Waals surface area (Å²) in [5.41, 5.74) is -0.650. The fourth-order valence-corrected chi connectivity index (χ4v) is 8.51. The molecule has 1 unspecified atom stereocenters. The van der Waals surface area contributed by atoms with Gasteiger partial charge in [-0.2, -0.15) is 0 Å². The Hall–Kier alpha value is -2.28. The molecule has 0 aliphatic heterocycles. The number of esters is 1. The van der Waals surface area contributed by atoms with E-state index in [1.807, 2.05) is 36.4 Å². The fraction of sp³-hybridized carbons (Fsp3) is 0.462. The van der Waals surface area contributed by atoms with Gasteiger partial charge >= 0.3 is 5.97 Å². The lowest BCUT2D eigenvalue weighted by Gasteiger charge is -2.43. The first-order valence-corrected chi connectivity index (χ1v) is 12.9. The van der Waals surface area contributed by atoms with Crippen molar-refractivity contribution >= 4 is 30.4 Å². The molecule has 1 atom stereocenters. The molecule has 5 nitrogen and oxygen atoms in total. The normalized spacial score (nSPS) is 13.5. The molecule has 0 radical (unpaired) electrons. The molecule has 1 N–H and O–H groups in total. The molecular weight excluding hydrogens is 420 g/mol. The highest BCUT2D eigenvalue weighted by Gasteiger charge is 2.50. The van der Waals surface area contributed by atoms with E-state index in [-0.39, 0.29) is 30.3 Å². The zero-order valence-electron chi connectivity index (χ0n) is 20.1. The Bertz CT molecular complexity index is 842. The van der Waals surface area contributed by atoms with Crippen molar-refractivity contribution in [2.45, 2.75) is 71.1 Å². The van der Waals surface area contributed by atoms with Crippen LogP contribution >= 0.6 is 0 Å². The second kappa shape index (κ2) is 10.6. The molecule has 0 fully saturated rings. The number of hydrogen-bond donors (Lipinski definition) is 1. The molecule has 0 saturated carbocycles. The quantitative estimate of drug-likeness (QED) is 0.354. The average Bonchev–Trinajstić information content (AvgIpc) is 2.67. The lowest BCUT2D eigenvalue weighted by molar-refractivity contribution is -0.156. The summed E-state index contributed by atoms with van der Waals surface area (Å²) in [4.78, 5) is 24.2. The Kier molecular flexibility index (Phi) is 8.57. The van der Waals surface area contributed by atoms with Crippen LogP contribution in [-0.2, 0) is 18.8 Å². The van der Waals surface area contributed by atoms with E-state index in [1.54, 1.807) is 20.8 Å². The van der Waals surface area contributed by atoms with Crippen LogP contribution in [0.25, 0.3) is 0 Å². The minimum absolute atomic E-state index is 0.00728. The number of hydrogen-bond acceptors (Lipinski definition) is 5. The number of carbonyl (C=O) groups excluding carboxylic acids is 2. The molecule has 0 aliphatic rings. The van der Waals surface area contributed by atoms with Crippen LogP contribution in [0.2, 0.25) is 5.04 Å². The maximum absolute atomic E-state index is 12.3. The van der Waals surface area contributed by atoms with E-state index in [9.17, 15) is 14.7 Å². The highest BCUT2D eigenvalue weighted by atomic mass is 28.4. The van der Waals surface area contributed by atoms with Gasteiger partial charge in [0, 0.05) is 6.42 Å². The second-order valence-electron chi connectivity index (χ2n) is 10.1. The Labute approximate surface area is 192 Å². The first kappa shape index (κ1) is 26.0. The van der Waals surface area contributed by atoms with Gasteiger partial charge in [-0.3, -0.25) is 9.59 Å². The van der Waals surface area contributed by atoms with E-state index in [4.69, 9.17) is 9.16 Å². The van der Waals surface area contributed by atoms with E-state index < -0.39 is 26.0 Å². The summed E-state index contributed by atoms with van der Waals surface area (Å²) in [6.45, 7) is 11.7. The molecule has 6 heteroatoms. The van der Waals surface area contributed by atoms with Crippen molar-refractivity contribution in [3.8, 4) is 0 Å². The van der Waals surface area contributed by atoms with Crippen molar-refractivity contribution in [2.75, 3.05) is 6.61 Å². The van der Waals surface area contributed by atoms with Gasteiger partial charge in [0.25, 0.3) is 8.32 Å². The number of benzene rings is 2. The van der Waals surface area contributed by atoms with Gasteiger partial charge in [-0.1, -0.05) is 81.4 Å². The van der Waals surface area contributed by atoms with Crippen LogP contribution in [-0.4, -0.2) is 43.5 Å². The van der Waals surface area contributed by atoms with Crippen molar-refractivity contribution in [1.29, 1.82) is 0 Å². The molecule has 2 aromatic carbocycles. The van der Waals surface area contributed by atoms with Gasteiger partial charge in [-0.15, -0.1) is 0 Å². The zero-order chi connectivity index (χ0) is 24.0. The summed E-state index contributed by atoms with van der Waals surface area (Å²) in [6.07, 6.45) is -1.52. The molecule has 0 heterocycles. The van der Waals surface area contributed by atoms with Crippen molar-refractivity contribution < 1.29 is 23.9 Å². The molecule has 0 saturated heterocycles. The van der Waals surface area contributed by atoms with Gasteiger partial charge < -0.3 is 14.3 Å². The highest BCUT2D eigenvalue weighted by Crippen LogP contribution is 2.36. The summed E-state index contributed by atoms with van der Waals surface area (Å²) < 4.78 is 11.8. The van der Waals surface area contributed by atoms with Crippen molar-refractivity contribution in [1.82, 2.24) is 0 Å². The third kappa shape index (κ3) is 6.86. The third-order valence-electron chi connectivity index (χ3n) is 5.13. The SMILES string of the molecule is CC(C)(C)OC(=O)CC(=O)CC(O)CO[Si](c1ccccc1)(c1ccccc1)C(C)(C)C. The molecule has 0 aromatic heterocycles. The fourth-order valence-electron chi connectivity index (χ4n) is 3.92. The first-order chi connectivity index (χ1) is 14.8. The van der Waals surface area contributed by atoms with Crippen LogP contribution in [0.4, 0.5) is 0 Å². The molecule has 0 bridgehead atoms. The minimum Gasteiger partial charge on any atom is -0.460 e. The van der Waals surface area contributed by atoms with Gasteiger partial charge in [-0.25, -0.2) is 0 Å². The number of rotatable bonds is 9. The second-order valence-corrected chi connectivity index (χ2v) is 14.4. The average molecular weight is 457 g/mol. The van der Waals surface area contributed by atoms with E-state index >= 15 is 0 Å². The van der Waals surface area contributed by atoms with Crippen molar-refractivity contribution in [2.24, 2.45) is 0 Å². The van der Waals surface area contributed by atoms with Gasteiger partial charge in [0.15, 0.2) is 0 Å². The Morgan fingerprint density at radius 2 is 1.34 bits per heavy atom. The number of ether oxygens (including phenoxy) is 1. The van der Waals surface area contributed by atoms with Crippen LogP contribution < -0.4 is 10.4 Å². The van der Waals surface area contributed by atoms with E-state index in [0.717, 1.165) is 10.4 Å². The van der Waals surface area contributed by atoms with Gasteiger partial charge in [0.2, 0.25) is 0 Å². The van der Waals surface area contributed by atoms with Gasteiger partial charge in [0.1, 0.15) is 17.8 Å². The molecular formula is C26H36O5Si. The predicted molar refractivity (Wildman–Crippen MR) is 130 cm³/mol. The molecule has 0 amide bonds. The van der Waals surface area contributed by atoms with Crippen LogP contribution in [0.5, 0.6) is 0 Å². The summed E-state index contributed by atoms with van der Waals surface area (Å²) in [7, 11) is -2.79. The molecule has 0 aliphatic carbocycles. The number of ketones is 1. The number of Topliss-reactive ketones (excluding diaryl/α,β-unsaturated/α-hetero) is 1. The lowest BCUT2D eigenvalue weighted by Crippen LogP contribution is -2.67. The van der Waals surface area contributed by atoms with Crippen LogP contribution in [0.3, 0.4) is 0 Å². The van der Waals surface area contributed by atoms with Gasteiger partial charge in [0.05, 0.1) is 12.7 Å². The topological polar surface area (TPSA) is 72.8 Å². The Morgan fingerprint density at radius 3 is 1.75 bits per heavy atom. The van der Waals surface area contributed by atoms with E-state index in [1.165, 1.54) is 0 Å².